The number of carbonyl (C=O) groups is 2. The molecule has 1 atom stereocenters. The summed E-state index contributed by atoms with van der Waals surface area (Å²) >= 11 is 1.52. The smallest absolute Gasteiger partial charge is 0.406 e. The average Bonchev–Trinajstić information content (AvgIpc) is 2.69. The number of hydrogen-bond donors (Lipinski definition) is 2. The topological polar surface area (TPSA) is 67.4 Å². The third-order valence-electron chi connectivity index (χ3n) is 3.03. The molecule has 2 rings (SSSR count). The highest BCUT2D eigenvalue weighted by Crippen LogP contribution is 2.22. The summed E-state index contributed by atoms with van der Waals surface area (Å²) in [4.78, 5) is 23.4. The van der Waals surface area contributed by atoms with Crippen molar-refractivity contribution >= 4 is 23.6 Å². The van der Waals surface area contributed by atoms with Gasteiger partial charge in [0.15, 0.2) is 0 Å². The van der Waals surface area contributed by atoms with Gasteiger partial charge in [0, 0.05) is 24.5 Å². The third-order valence-corrected chi connectivity index (χ3v) is 4.10. The van der Waals surface area contributed by atoms with Crippen molar-refractivity contribution in [3.63, 3.8) is 0 Å². The van der Waals surface area contributed by atoms with Crippen molar-refractivity contribution in [3.8, 4) is 5.75 Å². The number of nitrogens with one attached hydrogen (secondary N) is 2. The van der Waals surface area contributed by atoms with Crippen molar-refractivity contribution in [3.05, 3.63) is 29.8 Å². The summed E-state index contributed by atoms with van der Waals surface area (Å²) in [5.74, 6) is 0.374. The monoisotopic (exact) mass is 348 g/mol. The van der Waals surface area contributed by atoms with Gasteiger partial charge < -0.3 is 15.4 Å². The number of alkyl halides is 3. The first-order valence-electron chi connectivity index (χ1n) is 6.83. The van der Waals surface area contributed by atoms with E-state index in [1.807, 2.05) is 0 Å². The highest BCUT2D eigenvalue weighted by atomic mass is 32.2. The van der Waals surface area contributed by atoms with E-state index in [4.69, 9.17) is 0 Å². The van der Waals surface area contributed by atoms with Crippen LogP contribution in [0.1, 0.15) is 12.0 Å². The normalized spacial score (nSPS) is 18.7. The molecule has 1 aromatic rings. The molecule has 1 aliphatic rings. The van der Waals surface area contributed by atoms with E-state index in [2.05, 4.69) is 15.4 Å². The van der Waals surface area contributed by atoms with Crippen LogP contribution in [0.4, 0.5) is 13.2 Å². The lowest BCUT2D eigenvalue weighted by atomic mass is 10.2. The Morgan fingerprint density at radius 2 is 2.04 bits per heavy atom. The molecule has 0 aromatic heterocycles. The van der Waals surface area contributed by atoms with Gasteiger partial charge in [0.2, 0.25) is 11.8 Å². The predicted molar refractivity (Wildman–Crippen MR) is 78.8 cm³/mol. The second-order valence-electron chi connectivity index (χ2n) is 4.85. The Morgan fingerprint density at radius 1 is 1.35 bits per heavy atom. The predicted octanol–water partition coefficient (Wildman–Crippen LogP) is 1.82. The Bertz CT molecular complexity index is 563. The Hall–Kier alpha value is -1.90. The number of carbonyl (C=O) groups excluding carboxylic acids is 2. The van der Waals surface area contributed by atoms with Gasteiger partial charge in [-0.05, 0) is 17.7 Å². The average molecular weight is 348 g/mol. The van der Waals surface area contributed by atoms with Crippen LogP contribution in [0.25, 0.3) is 0 Å². The molecule has 0 spiro atoms. The van der Waals surface area contributed by atoms with Gasteiger partial charge in [-0.3, -0.25) is 9.59 Å². The summed E-state index contributed by atoms with van der Waals surface area (Å²) in [7, 11) is 0. The van der Waals surface area contributed by atoms with E-state index in [9.17, 15) is 22.8 Å². The van der Waals surface area contributed by atoms with Crippen LogP contribution in [-0.4, -0.2) is 35.7 Å². The molecule has 1 fully saturated rings. The molecule has 0 aliphatic carbocycles. The lowest BCUT2D eigenvalue weighted by Gasteiger charge is -2.15. The summed E-state index contributed by atoms with van der Waals surface area (Å²) in [6.45, 7) is 0.155. The first-order chi connectivity index (χ1) is 10.8. The number of thioether (sulfide) groups is 1. The molecule has 0 saturated carbocycles. The van der Waals surface area contributed by atoms with Gasteiger partial charge in [0.05, 0.1) is 0 Å². The molecule has 2 amide bonds. The van der Waals surface area contributed by atoms with Gasteiger partial charge in [0.1, 0.15) is 11.8 Å². The van der Waals surface area contributed by atoms with Crippen LogP contribution in [0.2, 0.25) is 0 Å². The number of hydrogen-bond acceptors (Lipinski definition) is 4. The Labute approximate surface area is 135 Å². The van der Waals surface area contributed by atoms with Crippen LogP contribution in [0.3, 0.4) is 0 Å². The largest absolute Gasteiger partial charge is 0.573 e. The molecule has 5 nitrogen and oxygen atoms in total. The first kappa shape index (κ1) is 17.5. The minimum Gasteiger partial charge on any atom is -0.406 e. The van der Waals surface area contributed by atoms with E-state index in [1.54, 1.807) is 0 Å². The molecule has 126 valence electrons. The molecule has 1 heterocycles. The second-order valence-corrected chi connectivity index (χ2v) is 6.00. The number of benzene rings is 1. The molecular weight excluding hydrogens is 333 g/mol. The summed E-state index contributed by atoms with van der Waals surface area (Å²) in [6, 6.07) is 4.63. The molecule has 0 radical (unpaired) electrons. The maximum absolute atomic E-state index is 12.1. The first-order valence-corrected chi connectivity index (χ1v) is 7.98. The molecular formula is C14H15F3N2O3S. The lowest BCUT2D eigenvalue weighted by Crippen LogP contribution is -2.47. The van der Waals surface area contributed by atoms with Gasteiger partial charge in [-0.2, -0.15) is 11.8 Å². The summed E-state index contributed by atoms with van der Waals surface area (Å²) < 4.78 is 39.9. The van der Waals surface area contributed by atoms with Crippen LogP contribution >= 0.6 is 11.8 Å². The van der Waals surface area contributed by atoms with Gasteiger partial charge in [-0.25, -0.2) is 0 Å². The third kappa shape index (κ3) is 6.01. The van der Waals surface area contributed by atoms with Crippen molar-refractivity contribution in [2.45, 2.75) is 25.4 Å². The van der Waals surface area contributed by atoms with Crippen molar-refractivity contribution in [2.75, 3.05) is 11.5 Å². The van der Waals surface area contributed by atoms with Crippen molar-refractivity contribution in [1.29, 1.82) is 0 Å². The zero-order chi connectivity index (χ0) is 16.9. The van der Waals surface area contributed by atoms with Gasteiger partial charge >= 0.3 is 6.36 Å². The fourth-order valence-electron chi connectivity index (χ4n) is 1.94. The number of halogens is 3. The Morgan fingerprint density at radius 3 is 2.70 bits per heavy atom. The molecule has 1 saturated heterocycles. The van der Waals surface area contributed by atoms with E-state index in [0.717, 1.165) is 0 Å². The van der Waals surface area contributed by atoms with Crippen LogP contribution in [0.5, 0.6) is 5.75 Å². The second kappa shape index (κ2) is 7.58. The maximum atomic E-state index is 12.1. The summed E-state index contributed by atoms with van der Waals surface area (Å²) in [6.07, 6.45) is -4.35. The standard InChI is InChI=1S/C14H15F3N2O3S/c15-14(16,17)22-10-3-1-9(2-4-10)7-18-13(21)11-8-23-6-5-12(20)19-11/h1-4,11H,5-8H2,(H,18,21)(H,19,20). The van der Waals surface area contributed by atoms with E-state index in [-0.39, 0.29) is 24.1 Å². The minimum atomic E-state index is -4.73. The Balaban J connectivity index is 1.85. The maximum Gasteiger partial charge on any atom is 0.573 e. The zero-order valence-electron chi connectivity index (χ0n) is 12.0. The van der Waals surface area contributed by atoms with Crippen LogP contribution in [-0.2, 0) is 16.1 Å². The summed E-state index contributed by atoms with van der Waals surface area (Å²) in [5, 5.41) is 5.29. The van der Waals surface area contributed by atoms with E-state index in [1.165, 1.54) is 36.0 Å². The molecule has 23 heavy (non-hydrogen) atoms. The zero-order valence-corrected chi connectivity index (χ0v) is 12.8. The molecule has 0 bridgehead atoms. The van der Waals surface area contributed by atoms with Crippen molar-refractivity contribution < 1.29 is 27.5 Å². The number of ether oxygens (including phenoxy) is 1. The Kier molecular flexibility index (Phi) is 5.75. The lowest BCUT2D eigenvalue weighted by molar-refractivity contribution is -0.274. The highest BCUT2D eigenvalue weighted by molar-refractivity contribution is 7.99. The molecule has 2 N–H and O–H groups in total. The van der Waals surface area contributed by atoms with Crippen LogP contribution in [0, 0.1) is 0 Å². The number of rotatable bonds is 4. The molecule has 1 aromatic carbocycles. The van der Waals surface area contributed by atoms with Crippen molar-refractivity contribution in [1.82, 2.24) is 10.6 Å². The fourth-order valence-corrected chi connectivity index (χ4v) is 2.90. The molecule has 1 unspecified atom stereocenters. The van der Waals surface area contributed by atoms with Crippen LogP contribution < -0.4 is 15.4 Å². The number of amides is 2. The van der Waals surface area contributed by atoms with Gasteiger partial charge in [-0.15, -0.1) is 13.2 Å². The van der Waals surface area contributed by atoms with E-state index in [0.29, 0.717) is 23.5 Å². The highest BCUT2D eigenvalue weighted by Gasteiger charge is 2.31. The van der Waals surface area contributed by atoms with Crippen LogP contribution in [0.15, 0.2) is 24.3 Å². The van der Waals surface area contributed by atoms with Gasteiger partial charge in [-0.1, -0.05) is 12.1 Å². The molecule has 9 heteroatoms. The molecule has 1 aliphatic heterocycles. The quantitative estimate of drug-likeness (QED) is 0.871. The van der Waals surface area contributed by atoms with Crippen molar-refractivity contribution in [2.24, 2.45) is 0 Å². The summed E-state index contributed by atoms with van der Waals surface area (Å²) in [5.41, 5.74) is 0.625. The SMILES string of the molecule is O=C1CCSCC(C(=O)NCc2ccc(OC(F)(F)F)cc2)N1. The van der Waals surface area contributed by atoms with Gasteiger partial charge in [0.25, 0.3) is 0 Å². The minimum absolute atomic E-state index is 0.155. The van der Waals surface area contributed by atoms with E-state index < -0.39 is 12.4 Å². The van der Waals surface area contributed by atoms with E-state index >= 15 is 0 Å². The fraction of sp³-hybridized carbons (Fsp3) is 0.429.